The fraction of sp³-hybridized carbons (Fsp3) is 0.444. The van der Waals surface area contributed by atoms with Crippen LogP contribution >= 0.6 is 0 Å². The van der Waals surface area contributed by atoms with Gasteiger partial charge in [-0.1, -0.05) is 36.4 Å². The van der Waals surface area contributed by atoms with Crippen molar-refractivity contribution in [3.05, 3.63) is 71.4 Å². The lowest BCUT2D eigenvalue weighted by Gasteiger charge is -2.37. The number of piperazine rings is 1. The largest absolute Gasteiger partial charge is 0.361 e. The molecule has 168 valence electrons. The normalized spacial score (nSPS) is 20.5. The summed E-state index contributed by atoms with van der Waals surface area (Å²) in [7, 11) is 0. The number of nitrogens with one attached hydrogen (secondary N) is 1. The highest BCUT2D eigenvalue weighted by molar-refractivity contribution is 5.98. The molecular weight excluding hydrogens is 396 g/mol. The molecule has 1 amide bonds. The molecule has 0 spiro atoms. The molecule has 1 aromatic heterocycles. The number of aromatic nitrogens is 1. The van der Waals surface area contributed by atoms with Crippen LogP contribution in [-0.2, 0) is 6.54 Å². The Morgan fingerprint density at radius 2 is 1.81 bits per heavy atom. The van der Waals surface area contributed by atoms with Gasteiger partial charge in [-0.3, -0.25) is 14.6 Å². The summed E-state index contributed by atoms with van der Waals surface area (Å²) in [6.45, 7) is 10.1. The Labute approximate surface area is 191 Å². The molecule has 2 saturated heterocycles. The smallest absolute Gasteiger partial charge is 0.254 e. The fourth-order valence-electron chi connectivity index (χ4n) is 5.37. The van der Waals surface area contributed by atoms with Gasteiger partial charge in [-0.2, -0.15) is 0 Å². The molecule has 2 aromatic carbocycles. The highest BCUT2D eigenvalue weighted by Gasteiger charge is 2.28. The predicted octanol–water partition coefficient (Wildman–Crippen LogP) is 4.67. The number of amides is 1. The van der Waals surface area contributed by atoms with E-state index in [-0.39, 0.29) is 5.91 Å². The number of hydrogen-bond donors (Lipinski definition) is 1. The molecule has 0 radical (unpaired) electrons. The van der Waals surface area contributed by atoms with Gasteiger partial charge >= 0.3 is 0 Å². The molecule has 1 atom stereocenters. The summed E-state index contributed by atoms with van der Waals surface area (Å²) in [5, 5.41) is 1.25. The first-order chi connectivity index (χ1) is 15.6. The maximum absolute atomic E-state index is 13.1. The number of aromatic amines is 1. The van der Waals surface area contributed by atoms with Gasteiger partial charge < -0.3 is 9.88 Å². The minimum Gasteiger partial charge on any atom is -0.361 e. The van der Waals surface area contributed by atoms with Gasteiger partial charge in [0.15, 0.2) is 0 Å². The molecule has 0 saturated carbocycles. The van der Waals surface area contributed by atoms with Gasteiger partial charge in [-0.05, 0) is 56.5 Å². The maximum atomic E-state index is 13.1. The van der Waals surface area contributed by atoms with Crippen molar-refractivity contribution in [2.24, 2.45) is 0 Å². The van der Waals surface area contributed by atoms with Crippen LogP contribution in [0.3, 0.4) is 0 Å². The van der Waals surface area contributed by atoms with Gasteiger partial charge in [0.05, 0.1) is 0 Å². The van der Waals surface area contributed by atoms with Crippen LogP contribution in [0.4, 0.5) is 0 Å². The third kappa shape index (κ3) is 4.19. The molecule has 0 bridgehead atoms. The second kappa shape index (κ2) is 9.08. The monoisotopic (exact) mass is 430 g/mol. The number of H-pyrrole nitrogens is 1. The second-order valence-electron chi connectivity index (χ2n) is 9.54. The standard InChI is InChI=1S/C27H34N4O/c1-20(2)29-13-15-30(16-14-29)27(32)22-10-11-23-24(18-28-25(23)17-22)26-9-6-12-31(26)19-21-7-4-3-5-8-21/h3-5,7-8,10-11,17-18,20,26,28H,6,9,12-16,19H2,1-2H3. The van der Waals surface area contributed by atoms with Crippen LogP contribution < -0.4 is 0 Å². The number of hydrogen-bond acceptors (Lipinski definition) is 3. The molecule has 5 rings (SSSR count). The average Bonchev–Trinajstić information content (AvgIpc) is 3.45. The van der Waals surface area contributed by atoms with E-state index in [1.807, 2.05) is 17.0 Å². The SMILES string of the molecule is CC(C)N1CCN(C(=O)c2ccc3c(C4CCCN4Cc4ccccc4)c[nH]c3c2)CC1. The van der Waals surface area contributed by atoms with Gasteiger partial charge in [0, 0.05) is 67.5 Å². The molecule has 0 aliphatic carbocycles. The van der Waals surface area contributed by atoms with Crippen LogP contribution in [0, 0.1) is 0 Å². The van der Waals surface area contributed by atoms with Crippen molar-refractivity contribution in [3.63, 3.8) is 0 Å². The Morgan fingerprint density at radius 1 is 1.03 bits per heavy atom. The van der Waals surface area contributed by atoms with Crippen LogP contribution in [0.1, 0.15) is 54.2 Å². The van der Waals surface area contributed by atoms with Crippen molar-refractivity contribution < 1.29 is 4.79 Å². The zero-order valence-electron chi connectivity index (χ0n) is 19.3. The van der Waals surface area contributed by atoms with E-state index in [1.54, 1.807) is 0 Å². The van der Waals surface area contributed by atoms with E-state index in [4.69, 9.17) is 0 Å². The summed E-state index contributed by atoms with van der Waals surface area (Å²) in [5.74, 6) is 0.151. The van der Waals surface area contributed by atoms with Crippen molar-refractivity contribution in [1.82, 2.24) is 19.7 Å². The molecule has 2 aliphatic rings. The minimum absolute atomic E-state index is 0.151. The van der Waals surface area contributed by atoms with Crippen molar-refractivity contribution in [2.45, 2.75) is 45.3 Å². The van der Waals surface area contributed by atoms with Gasteiger partial charge in [0.25, 0.3) is 5.91 Å². The van der Waals surface area contributed by atoms with Crippen molar-refractivity contribution in [3.8, 4) is 0 Å². The summed E-state index contributed by atoms with van der Waals surface area (Å²) in [6, 6.07) is 17.9. The molecule has 3 heterocycles. The molecule has 32 heavy (non-hydrogen) atoms. The molecule has 3 aromatic rings. The van der Waals surface area contributed by atoms with Crippen LogP contribution in [0.15, 0.2) is 54.7 Å². The van der Waals surface area contributed by atoms with Gasteiger partial charge in [0.1, 0.15) is 0 Å². The maximum Gasteiger partial charge on any atom is 0.254 e. The highest BCUT2D eigenvalue weighted by Crippen LogP contribution is 2.37. The zero-order chi connectivity index (χ0) is 22.1. The number of benzene rings is 2. The Balaban J connectivity index is 1.32. The minimum atomic E-state index is 0.151. The van der Waals surface area contributed by atoms with Crippen molar-refractivity contribution in [2.75, 3.05) is 32.7 Å². The zero-order valence-corrected chi connectivity index (χ0v) is 19.3. The third-order valence-electron chi connectivity index (χ3n) is 7.24. The number of carbonyl (C=O) groups excluding carboxylic acids is 1. The Morgan fingerprint density at radius 3 is 2.56 bits per heavy atom. The van der Waals surface area contributed by atoms with Gasteiger partial charge in [-0.25, -0.2) is 0 Å². The van der Waals surface area contributed by atoms with E-state index in [1.165, 1.54) is 29.4 Å². The van der Waals surface area contributed by atoms with E-state index in [0.717, 1.165) is 50.3 Å². The topological polar surface area (TPSA) is 42.6 Å². The van der Waals surface area contributed by atoms with Crippen LogP contribution in [-0.4, -0.2) is 64.4 Å². The van der Waals surface area contributed by atoms with E-state index in [0.29, 0.717) is 12.1 Å². The lowest BCUT2D eigenvalue weighted by atomic mass is 10.0. The lowest BCUT2D eigenvalue weighted by Crippen LogP contribution is -2.50. The van der Waals surface area contributed by atoms with Crippen molar-refractivity contribution in [1.29, 1.82) is 0 Å². The Hall–Kier alpha value is -2.63. The average molecular weight is 431 g/mol. The summed E-state index contributed by atoms with van der Waals surface area (Å²) in [5.41, 5.74) is 4.58. The van der Waals surface area contributed by atoms with E-state index in [9.17, 15) is 4.79 Å². The molecule has 1 unspecified atom stereocenters. The van der Waals surface area contributed by atoms with Crippen molar-refractivity contribution >= 4 is 16.8 Å². The van der Waals surface area contributed by atoms with Crippen LogP contribution in [0.5, 0.6) is 0 Å². The summed E-state index contributed by atoms with van der Waals surface area (Å²) in [6.07, 6.45) is 4.57. The number of fused-ring (bicyclic) bond motifs is 1. The van der Waals surface area contributed by atoms with Crippen LogP contribution in [0.2, 0.25) is 0 Å². The molecule has 1 N–H and O–H groups in total. The Kier molecular flexibility index (Phi) is 6.03. The summed E-state index contributed by atoms with van der Waals surface area (Å²) < 4.78 is 0. The number of carbonyl (C=O) groups is 1. The van der Waals surface area contributed by atoms with Gasteiger partial charge in [0.2, 0.25) is 0 Å². The van der Waals surface area contributed by atoms with E-state index in [2.05, 4.69) is 71.2 Å². The van der Waals surface area contributed by atoms with E-state index >= 15 is 0 Å². The molecular formula is C27H34N4O. The summed E-state index contributed by atoms with van der Waals surface area (Å²) >= 11 is 0. The van der Waals surface area contributed by atoms with Gasteiger partial charge in [-0.15, -0.1) is 0 Å². The Bertz CT molecular complexity index is 1070. The number of nitrogens with zero attached hydrogens (tertiary/aromatic N) is 3. The molecule has 5 nitrogen and oxygen atoms in total. The first-order valence-corrected chi connectivity index (χ1v) is 12.0. The van der Waals surface area contributed by atoms with Crippen LogP contribution in [0.25, 0.3) is 10.9 Å². The third-order valence-corrected chi connectivity index (χ3v) is 7.24. The number of rotatable bonds is 5. The quantitative estimate of drug-likeness (QED) is 0.640. The first kappa shape index (κ1) is 21.2. The predicted molar refractivity (Wildman–Crippen MR) is 130 cm³/mol. The highest BCUT2D eigenvalue weighted by atomic mass is 16.2. The summed E-state index contributed by atoms with van der Waals surface area (Å²) in [4.78, 5) is 23.6. The fourth-order valence-corrected chi connectivity index (χ4v) is 5.37. The molecule has 5 heteroatoms. The lowest BCUT2D eigenvalue weighted by molar-refractivity contribution is 0.0595. The number of likely N-dealkylation sites (tertiary alicyclic amines) is 1. The molecule has 2 aliphatic heterocycles. The molecule has 2 fully saturated rings. The first-order valence-electron chi connectivity index (χ1n) is 12.0. The van der Waals surface area contributed by atoms with E-state index < -0.39 is 0 Å². The second-order valence-corrected chi connectivity index (χ2v) is 9.54.